The van der Waals surface area contributed by atoms with E-state index in [2.05, 4.69) is 26.0 Å². The van der Waals surface area contributed by atoms with Gasteiger partial charge in [-0.05, 0) is 43.4 Å². The molecule has 0 heterocycles. The summed E-state index contributed by atoms with van der Waals surface area (Å²) in [5.41, 5.74) is 0. The van der Waals surface area contributed by atoms with Gasteiger partial charge < -0.3 is 4.74 Å². The molecule has 2 heteroatoms. The maximum absolute atomic E-state index is 12.1. The fraction of sp³-hybridized carbons (Fsp3) is 0.800. The van der Waals surface area contributed by atoms with Crippen molar-refractivity contribution in [2.75, 3.05) is 6.61 Å². The monoisotopic (exact) mass is 236 g/mol. The molecular weight excluding hydrogens is 212 g/mol. The third-order valence-corrected chi connectivity index (χ3v) is 4.47. The number of fused-ring (bicyclic) bond motifs is 1. The molecule has 0 aliphatic heterocycles. The van der Waals surface area contributed by atoms with Gasteiger partial charge in [-0.3, -0.25) is 4.79 Å². The second-order valence-electron chi connectivity index (χ2n) is 5.77. The Kier molecular flexibility index (Phi) is 3.90. The van der Waals surface area contributed by atoms with Gasteiger partial charge >= 0.3 is 5.97 Å². The Balaban J connectivity index is 2.14. The van der Waals surface area contributed by atoms with Crippen LogP contribution in [0.3, 0.4) is 0 Å². The van der Waals surface area contributed by atoms with Crippen molar-refractivity contribution < 1.29 is 9.53 Å². The zero-order chi connectivity index (χ0) is 12.4. The highest BCUT2D eigenvalue weighted by molar-refractivity contribution is 5.73. The van der Waals surface area contributed by atoms with Crippen LogP contribution in [0.25, 0.3) is 0 Å². The Hall–Kier alpha value is -0.790. The first-order chi connectivity index (χ1) is 8.13. The van der Waals surface area contributed by atoms with Crippen LogP contribution in [0.4, 0.5) is 0 Å². The van der Waals surface area contributed by atoms with E-state index in [0.717, 1.165) is 5.92 Å². The first-order valence-corrected chi connectivity index (χ1v) is 6.98. The quantitative estimate of drug-likeness (QED) is 0.542. The summed E-state index contributed by atoms with van der Waals surface area (Å²) in [5.74, 6) is 2.38. The van der Waals surface area contributed by atoms with Crippen molar-refractivity contribution in [3.63, 3.8) is 0 Å². The number of hydrogen-bond donors (Lipinski definition) is 0. The lowest BCUT2D eigenvalue weighted by Gasteiger charge is -2.41. The van der Waals surface area contributed by atoms with Crippen LogP contribution in [0, 0.1) is 29.6 Å². The fourth-order valence-electron chi connectivity index (χ4n) is 3.57. The van der Waals surface area contributed by atoms with Gasteiger partial charge in [0, 0.05) is 0 Å². The van der Waals surface area contributed by atoms with E-state index in [1.165, 1.54) is 19.3 Å². The normalized spacial score (nSPS) is 40.8. The Bertz CT molecular complexity index is 308. The van der Waals surface area contributed by atoms with E-state index >= 15 is 0 Å². The molecule has 17 heavy (non-hydrogen) atoms. The first-order valence-electron chi connectivity index (χ1n) is 6.98. The van der Waals surface area contributed by atoms with Crippen LogP contribution in [0.1, 0.15) is 40.0 Å². The highest BCUT2D eigenvalue weighted by Crippen LogP contribution is 2.44. The Morgan fingerprint density at radius 2 is 2.06 bits per heavy atom. The van der Waals surface area contributed by atoms with Crippen LogP contribution in [-0.4, -0.2) is 12.6 Å². The summed E-state index contributed by atoms with van der Waals surface area (Å²) >= 11 is 0. The molecule has 0 N–H and O–H groups in total. The van der Waals surface area contributed by atoms with Gasteiger partial charge in [0.05, 0.1) is 12.5 Å². The zero-order valence-corrected chi connectivity index (χ0v) is 11.2. The maximum Gasteiger partial charge on any atom is 0.309 e. The molecule has 0 unspecified atom stereocenters. The molecule has 0 saturated heterocycles. The molecular formula is C15H24O2. The second kappa shape index (κ2) is 5.24. The molecule has 2 rings (SSSR count). The van der Waals surface area contributed by atoms with Gasteiger partial charge in [0.15, 0.2) is 0 Å². The Morgan fingerprint density at radius 3 is 2.76 bits per heavy atom. The number of hydrogen-bond acceptors (Lipinski definition) is 2. The molecule has 2 nitrogen and oxygen atoms in total. The summed E-state index contributed by atoms with van der Waals surface area (Å²) in [6, 6.07) is 0. The van der Waals surface area contributed by atoms with Gasteiger partial charge in [-0.1, -0.05) is 32.4 Å². The van der Waals surface area contributed by atoms with E-state index < -0.39 is 0 Å². The van der Waals surface area contributed by atoms with E-state index in [9.17, 15) is 4.79 Å². The molecule has 96 valence electrons. The molecule has 2 aliphatic rings. The van der Waals surface area contributed by atoms with Crippen molar-refractivity contribution in [1.82, 2.24) is 0 Å². The number of rotatable bonds is 2. The zero-order valence-electron chi connectivity index (χ0n) is 11.2. The summed E-state index contributed by atoms with van der Waals surface area (Å²) in [4.78, 5) is 12.1. The average molecular weight is 236 g/mol. The van der Waals surface area contributed by atoms with E-state index in [-0.39, 0.29) is 11.9 Å². The molecule has 2 aliphatic carbocycles. The SMILES string of the molecule is CCOC(=O)[C@@H]1[C@H]2CC[C@@H](C)C[C@@H]2C=C[C@@H]1C. The van der Waals surface area contributed by atoms with Crippen LogP contribution in [0.5, 0.6) is 0 Å². The largest absolute Gasteiger partial charge is 0.466 e. The van der Waals surface area contributed by atoms with Gasteiger partial charge in [0.2, 0.25) is 0 Å². The van der Waals surface area contributed by atoms with Crippen molar-refractivity contribution >= 4 is 5.97 Å². The number of carbonyl (C=O) groups excluding carboxylic acids is 1. The standard InChI is InChI=1S/C15H24O2/c1-4-17-15(16)14-11(3)6-7-12-9-10(2)5-8-13(12)14/h6-7,10-14H,4-5,8-9H2,1-3H3/t10-,11+,12+,13+,14+/m1/s1. The molecule has 1 fully saturated rings. The van der Waals surface area contributed by atoms with Crippen molar-refractivity contribution in [1.29, 1.82) is 0 Å². The minimum atomic E-state index is 0.0221. The molecule has 0 aromatic heterocycles. The van der Waals surface area contributed by atoms with Gasteiger partial charge in [-0.15, -0.1) is 0 Å². The number of ether oxygens (including phenoxy) is 1. The van der Waals surface area contributed by atoms with Crippen LogP contribution < -0.4 is 0 Å². The minimum absolute atomic E-state index is 0.0221. The van der Waals surface area contributed by atoms with Crippen LogP contribution >= 0.6 is 0 Å². The molecule has 0 radical (unpaired) electrons. The highest BCUT2D eigenvalue weighted by Gasteiger charge is 2.41. The topological polar surface area (TPSA) is 26.3 Å². The predicted octanol–water partition coefficient (Wildman–Crippen LogP) is 3.42. The lowest BCUT2D eigenvalue weighted by Crippen LogP contribution is -2.39. The van der Waals surface area contributed by atoms with Gasteiger partial charge in [-0.25, -0.2) is 0 Å². The molecule has 0 bridgehead atoms. The van der Waals surface area contributed by atoms with Crippen molar-refractivity contribution in [3.05, 3.63) is 12.2 Å². The van der Waals surface area contributed by atoms with E-state index in [4.69, 9.17) is 4.74 Å². The summed E-state index contributed by atoms with van der Waals surface area (Å²) in [5, 5.41) is 0. The highest BCUT2D eigenvalue weighted by atomic mass is 16.5. The van der Waals surface area contributed by atoms with E-state index in [1.807, 2.05) is 6.92 Å². The van der Waals surface area contributed by atoms with Crippen LogP contribution in [0.15, 0.2) is 12.2 Å². The third kappa shape index (κ3) is 2.56. The second-order valence-corrected chi connectivity index (χ2v) is 5.77. The number of allylic oxidation sites excluding steroid dienone is 2. The summed E-state index contributed by atoms with van der Waals surface area (Å²) in [6.45, 7) is 6.86. The molecule has 0 aromatic carbocycles. The van der Waals surface area contributed by atoms with Gasteiger partial charge in [-0.2, -0.15) is 0 Å². The summed E-state index contributed by atoms with van der Waals surface area (Å²) in [7, 11) is 0. The summed E-state index contributed by atoms with van der Waals surface area (Å²) < 4.78 is 5.25. The first kappa shape index (κ1) is 12.7. The minimum Gasteiger partial charge on any atom is -0.466 e. The smallest absolute Gasteiger partial charge is 0.309 e. The van der Waals surface area contributed by atoms with Gasteiger partial charge in [0.1, 0.15) is 0 Å². The molecule has 0 aromatic rings. The fourth-order valence-corrected chi connectivity index (χ4v) is 3.57. The number of esters is 1. The van der Waals surface area contributed by atoms with E-state index in [0.29, 0.717) is 24.4 Å². The van der Waals surface area contributed by atoms with Crippen LogP contribution in [-0.2, 0) is 9.53 Å². The lowest BCUT2D eigenvalue weighted by atomic mass is 9.63. The Labute approximate surface area is 104 Å². The number of carbonyl (C=O) groups is 1. The predicted molar refractivity (Wildman–Crippen MR) is 68.4 cm³/mol. The molecule has 5 atom stereocenters. The van der Waals surface area contributed by atoms with E-state index in [1.54, 1.807) is 0 Å². The average Bonchev–Trinajstić information content (AvgIpc) is 2.29. The molecule has 1 saturated carbocycles. The summed E-state index contributed by atoms with van der Waals surface area (Å²) in [6.07, 6.45) is 8.26. The third-order valence-electron chi connectivity index (χ3n) is 4.47. The van der Waals surface area contributed by atoms with Gasteiger partial charge in [0.25, 0.3) is 0 Å². The van der Waals surface area contributed by atoms with Crippen LogP contribution in [0.2, 0.25) is 0 Å². The molecule has 0 spiro atoms. The van der Waals surface area contributed by atoms with Crippen molar-refractivity contribution in [2.45, 2.75) is 40.0 Å². The van der Waals surface area contributed by atoms with Crippen molar-refractivity contribution in [3.8, 4) is 0 Å². The maximum atomic E-state index is 12.1. The Morgan fingerprint density at radius 1 is 1.29 bits per heavy atom. The lowest BCUT2D eigenvalue weighted by molar-refractivity contribution is -0.153. The van der Waals surface area contributed by atoms with Crippen molar-refractivity contribution in [2.24, 2.45) is 29.6 Å². The molecule has 0 amide bonds.